The van der Waals surface area contributed by atoms with Gasteiger partial charge in [0.25, 0.3) is 0 Å². The Morgan fingerprint density at radius 3 is 2.71 bits per heavy atom. The Labute approximate surface area is 99.0 Å². The Kier molecular flexibility index (Phi) is 4.30. The molecule has 5 nitrogen and oxygen atoms in total. The lowest BCUT2D eigenvalue weighted by molar-refractivity contribution is 0.273. The largest absolute Gasteiger partial charge is 0.494 e. The standard InChI is InChI=1S/C11H16FN3O2/c1-7(13)5-15(14)9-3-4-10(17-2)11(12)8(9)6-16/h3-5,16H,6,13-14H2,1-2H3/b7-5-. The third-order valence-electron chi connectivity index (χ3n) is 2.18. The lowest BCUT2D eigenvalue weighted by Crippen LogP contribution is -2.27. The normalized spacial score (nSPS) is 11.5. The summed E-state index contributed by atoms with van der Waals surface area (Å²) < 4.78 is 18.6. The molecule has 0 bridgehead atoms. The van der Waals surface area contributed by atoms with E-state index in [1.807, 2.05) is 0 Å². The van der Waals surface area contributed by atoms with E-state index in [9.17, 15) is 9.50 Å². The topological polar surface area (TPSA) is 84.7 Å². The molecule has 0 atom stereocenters. The van der Waals surface area contributed by atoms with E-state index >= 15 is 0 Å². The number of halogens is 1. The molecule has 0 fully saturated rings. The molecule has 6 heteroatoms. The lowest BCUT2D eigenvalue weighted by atomic mass is 10.1. The van der Waals surface area contributed by atoms with Crippen LogP contribution in [0, 0.1) is 5.82 Å². The maximum atomic E-state index is 13.8. The second-order valence-electron chi connectivity index (χ2n) is 3.52. The summed E-state index contributed by atoms with van der Waals surface area (Å²) in [5.41, 5.74) is 6.33. The number of hydrogen-bond donors (Lipinski definition) is 3. The number of benzene rings is 1. The minimum atomic E-state index is -0.633. The summed E-state index contributed by atoms with van der Waals surface area (Å²) in [6.07, 6.45) is 1.43. The summed E-state index contributed by atoms with van der Waals surface area (Å²) in [6, 6.07) is 2.98. The molecule has 1 aromatic rings. The molecule has 0 amide bonds. The van der Waals surface area contributed by atoms with Crippen molar-refractivity contribution >= 4 is 5.69 Å². The van der Waals surface area contributed by atoms with E-state index < -0.39 is 12.4 Å². The monoisotopic (exact) mass is 241 g/mol. The third-order valence-corrected chi connectivity index (χ3v) is 2.18. The quantitative estimate of drug-likeness (QED) is 0.537. The molecule has 0 spiro atoms. The smallest absolute Gasteiger partial charge is 0.172 e. The Hall–Kier alpha value is -1.79. The number of hydrogen-bond acceptors (Lipinski definition) is 5. The van der Waals surface area contributed by atoms with Crippen LogP contribution in [0.1, 0.15) is 12.5 Å². The number of methoxy groups -OCH3 is 1. The van der Waals surface area contributed by atoms with Crippen molar-refractivity contribution < 1.29 is 14.2 Å². The molecule has 1 aromatic carbocycles. The molecule has 0 saturated carbocycles. The fourth-order valence-corrected chi connectivity index (χ4v) is 1.43. The van der Waals surface area contributed by atoms with Gasteiger partial charge in [0.1, 0.15) is 0 Å². The van der Waals surface area contributed by atoms with Gasteiger partial charge in [-0.1, -0.05) is 0 Å². The van der Waals surface area contributed by atoms with Crippen molar-refractivity contribution in [3.8, 4) is 5.75 Å². The minimum absolute atomic E-state index is 0.0552. The second-order valence-corrected chi connectivity index (χ2v) is 3.52. The highest BCUT2D eigenvalue weighted by Gasteiger charge is 2.15. The molecule has 0 unspecified atom stereocenters. The summed E-state index contributed by atoms with van der Waals surface area (Å²) >= 11 is 0. The highest BCUT2D eigenvalue weighted by molar-refractivity contribution is 5.57. The van der Waals surface area contributed by atoms with E-state index in [2.05, 4.69) is 0 Å². The number of aliphatic hydroxyl groups excluding tert-OH is 1. The van der Waals surface area contributed by atoms with E-state index in [0.717, 1.165) is 5.01 Å². The number of anilines is 1. The first kappa shape index (κ1) is 13.3. The molecule has 0 aliphatic heterocycles. The van der Waals surface area contributed by atoms with Crippen molar-refractivity contribution in [1.82, 2.24) is 0 Å². The van der Waals surface area contributed by atoms with Gasteiger partial charge in [-0.2, -0.15) is 0 Å². The molecule has 0 aromatic heterocycles. The van der Waals surface area contributed by atoms with Gasteiger partial charge in [-0.05, 0) is 19.1 Å². The summed E-state index contributed by atoms with van der Waals surface area (Å²) in [7, 11) is 1.35. The molecule has 5 N–H and O–H groups in total. The molecule has 0 aliphatic rings. The fraction of sp³-hybridized carbons (Fsp3) is 0.273. The van der Waals surface area contributed by atoms with Crippen LogP contribution >= 0.6 is 0 Å². The van der Waals surface area contributed by atoms with Crippen molar-refractivity contribution in [2.24, 2.45) is 11.6 Å². The van der Waals surface area contributed by atoms with Crippen molar-refractivity contribution in [1.29, 1.82) is 0 Å². The van der Waals surface area contributed by atoms with E-state index in [1.54, 1.807) is 13.0 Å². The molecule has 0 radical (unpaired) electrons. The number of nitrogens with zero attached hydrogens (tertiary/aromatic N) is 1. The second kappa shape index (κ2) is 5.51. The Balaban J connectivity index is 3.25. The average molecular weight is 241 g/mol. The van der Waals surface area contributed by atoms with Crippen LogP contribution in [0.2, 0.25) is 0 Å². The van der Waals surface area contributed by atoms with Crippen LogP contribution in [0.3, 0.4) is 0 Å². The van der Waals surface area contributed by atoms with E-state index in [1.165, 1.54) is 19.4 Å². The summed E-state index contributed by atoms with van der Waals surface area (Å²) in [4.78, 5) is 0. The molecule has 94 valence electrons. The van der Waals surface area contributed by atoms with Gasteiger partial charge in [-0.3, -0.25) is 5.01 Å². The van der Waals surface area contributed by atoms with Crippen molar-refractivity contribution in [3.05, 3.63) is 35.4 Å². The first-order chi connectivity index (χ1) is 8.01. The Morgan fingerprint density at radius 1 is 1.59 bits per heavy atom. The Bertz CT molecular complexity index is 431. The first-order valence-corrected chi connectivity index (χ1v) is 4.95. The van der Waals surface area contributed by atoms with Gasteiger partial charge in [0.05, 0.1) is 19.4 Å². The van der Waals surface area contributed by atoms with Crippen LogP contribution in [0.4, 0.5) is 10.1 Å². The van der Waals surface area contributed by atoms with Crippen molar-refractivity contribution in [2.75, 3.05) is 12.1 Å². The zero-order chi connectivity index (χ0) is 13.0. The summed E-state index contributed by atoms with van der Waals surface area (Å²) in [5, 5.41) is 10.3. The zero-order valence-electron chi connectivity index (χ0n) is 9.77. The van der Waals surface area contributed by atoms with E-state index in [0.29, 0.717) is 11.4 Å². The number of nitrogens with two attached hydrogens (primary N) is 2. The number of rotatable bonds is 4. The van der Waals surface area contributed by atoms with Gasteiger partial charge in [0.15, 0.2) is 11.6 Å². The van der Waals surface area contributed by atoms with Crippen LogP contribution in [-0.2, 0) is 6.61 Å². The Morgan fingerprint density at radius 2 is 2.24 bits per heavy atom. The molecule has 0 heterocycles. The minimum Gasteiger partial charge on any atom is -0.494 e. The molecule has 0 aliphatic carbocycles. The van der Waals surface area contributed by atoms with Gasteiger partial charge in [-0.15, -0.1) is 0 Å². The van der Waals surface area contributed by atoms with Crippen LogP contribution in [0.15, 0.2) is 24.0 Å². The SMILES string of the molecule is COc1ccc(N(N)/C=C(/C)N)c(CO)c1F. The van der Waals surface area contributed by atoms with E-state index in [-0.39, 0.29) is 11.3 Å². The molecular formula is C11H16FN3O2. The molecule has 0 saturated heterocycles. The fourth-order valence-electron chi connectivity index (χ4n) is 1.43. The number of aliphatic hydroxyl groups is 1. The van der Waals surface area contributed by atoms with Gasteiger partial charge < -0.3 is 15.6 Å². The van der Waals surface area contributed by atoms with Gasteiger partial charge in [-0.25, -0.2) is 10.2 Å². The predicted octanol–water partition coefficient (Wildman–Crippen LogP) is 0.827. The molecule has 1 rings (SSSR count). The number of ether oxygens (including phenoxy) is 1. The lowest BCUT2D eigenvalue weighted by Gasteiger charge is -2.19. The zero-order valence-corrected chi connectivity index (χ0v) is 9.77. The van der Waals surface area contributed by atoms with Gasteiger partial charge in [0, 0.05) is 17.5 Å². The highest BCUT2D eigenvalue weighted by Crippen LogP contribution is 2.29. The highest BCUT2D eigenvalue weighted by atomic mass is 19.1. The summed E-state index contributed by atoms with van der Waals surface area (Å²) in [5.74, 6) is 5.11. The number of allylic oxidation sites excluding steroid dienone is 1. The van der Waals surface area contributed by atoms with Crippen LogP contribution in [-0.4, -0.2) is 12.2 Å². The van der Waals surface area contributed by atoms with Crippen molar-refractivity contribution in [3.63, 3.8) is 0 Å². The van der Waals surface area contributed by atoms with Crippen LogP contribution < -0.4 is 21.3 Å². The van der Waals surface area contributed by atoms with Crippen LogP contribution in [0.5, 0.6) is 5.75 Å². The first-order valence-electron chi connectivity index (χ1n) is 4.95. The number of hydrazine groups is 1. The van der Waals surface area contributed by atoms with Crippen molar-refractivity contribution in [2.45, 2.75) is 13.5 Å². The van der Waals surface area contributed by atoms with Gasteiger partial charge >= 0.3 is 0 Å². The molecule has 17 heavy (non-hydrogen) atoms. The predicted molar refractivity (Wildman–Crippen MR) is 63.5 cm³/mol. The molecular weight excluding hydrogens is 225 g/mol. The van der Waals surface area contributed by atoms with Crippen LogP contribution in [0.25, 0.3) is 0 Å². The maximum Gasteiger partial charge on any atom is 0.172 e. The maximum absolute atomic E-state index is 13.8. The van der Waals surface area contributed by atoms with E-state index in [4.69, 9.17) is 16.3 Å². The third kappa shape index (κ3) is 2.86. The average Bonchev–Trinajstić information content (AvgIpc) is 2.27. The summed E-state index contributed by atoms with van der Waals surface area (Å²) in [6.45, 7) is 1.17. The van der Waals surface area contributed by atoms with Gasteiger partial charge in [0.2, 0.25) is 0 Å².